The van der Waals surface area contributed by atoms with Gasteiger partial charge < -0.3 is 4.90 Å². The molecule has 0 fully saturated rings. The zero-order chi connectivity index (χ0) is 10.0. The lowest BCUT2D eigenvalue weighted by molar-refractivity contribution is 0.508. The van der Waals surface area contributed by atoms with Crippen molar-refractivity contribution in [1.82, 2.24) is 0 Å². The Morgan fingerprint density at radius 2 is 1.77 bits per heavy atom. The summed E-state index contributed by atoms with van der Waals surface area (Å²) in [5, 5.41) is 8.62. The molecule has 68 valence electrons. The third-order valence-electron chi connectivity index (χ3n) is 1.64. The fourth-order valence-corrected chi connectivity index (χ4v) is 0.996. The van der Waals surface area contributed by atoms with Crippen molar-refractivity contribution in [3.8, 4) is 6.07 Å². The molecule has 13 heavy (non-hydrogen) atoms. The van der Waals surface area contributed by atoms with E-state index in [1.807, 2.05) is 0 Å². The summed E-state index contributed by atoms with van der Waals surface area (Å²) in [7, 11) is 3.32. The normalized spacial score (nSPS) is 9.46. The van der Waals surface area contributed by atoms with E-state index in [0.29, 0.717) is 5.69 Å². The molecule has 2 nitrogen and oxygen atoms in total. The second-order valence-electron chi connectivity index (χ2n) is 2.79. The fourth-order valence-electron chi connectivity index (χ4n) is 0.996. The maximum absolute atomic E-state index is 12.7. The average molecular weight is 182 g/mol. The molecule has 1 aromatic carbocycles. The van der Waals surface area contributed by atoms with Gasteiger partial charge in [-0.3, -0.25) is 0 Å². The first-order valence-electron chi connectivity index (χ1n) is 3.62. The lowest BCUT2D eigenvalue weighted by Crippen LogP contribution is -2.11. The van der Waals surface area contributed by atoms with Crippen LogP contribution in [-0.4, -0.2) is 14.1 Å². The molecule has 0 amide bonds. The van der Waals surface area contributed by atoms with Crippen LogP contribution in [0.5, 0.6) is 0 Å². The van der Waals surface area contributed by atoms with E-state index in [0.717, 1.165) is 12.1 Å². The van der Waals surface area contributed by atoms with Crippen LogP contribution in [0.2, 0.25) is 0 Å². The Bertz CT molecular complexity index is 367. The number of hydrogen-bond donors (Lipinski definition) is 0. The number of rotatable bonds is 1. The molecule has 0 radical (unpaired) electrons. The third-order valence-corrected chi connectivity index (χ3v) is 1.64. The molecule has 0 bridgehead atoms. The van der Waals surface area contributed by atoms with Gasteiger partial charge in [-0.1, -0.05) is 0 Å². The van der Waals surface area contributed by atoms with E-state index in [9.17, 15) is 8.78 Å². The Morgan fingerprint density at radius 3 is 2.23 bits per heavy atom. The van der Waals surface area contributed by atoms with Gasteiger partial charge in [-0.25, -0.2) is 8.78 Å². The number of anilines is 1. The molecule has 0 aliphatic rings. The second kappa shape index (κ2) is 3.40. The smallest absolute Gasteiger partial charge is 0.160 e. The lowest BCUT2D eigenvalue weighted by atomic mass is 10.1. The quantitative estimate of drug-likeness (QED) is 0.663. The van der Waals surface area contributed by atoms with Gasteiger partial charge in [0.05, 0.1) is 11.3 Å². The first-order valence-corrected chi connectivity index (χ1v) is 3.62. The van der Waals surface area contributed by atoms with Crippen LogP contribution in [0.3, 0.4) is 0 Å². The molecule has 0 unspecified atom stereocenters. The zero-order valence-corrected chi connectivity index (χ0v) is 7.31. The lowest BCUT2D eigenvalue weighted by Gasteiger charge is -2.13. The summed E-state index contributed by atoms with van der Waals surface area (Å²) in [5.41, 5.74) is 0.505. The SMILES string of the molecule is CN(C)c1cc(F)c(F)cc1C#N. The third kappa shape index (κ3) is 1.75. The molecule has 1 aromatic rings. The Hall–Kier alpha value is -1.63. The molecule has 1 rings (SSSR count). The van der Waals surface area contributed by atoms with Gasteiger partial charge in [0.15, 0.2) is 11.6 Å². The van der Waals surface area contributed by atoms with E-state index in [1.165, 1.54) is 0 Å². The number of nitriles is 1. The maximum atomic E-state index is 12.7. The Kier molecular flexibility index (Phi) is 2.47. The molecule has 0 heterocycles. The van der Waals surface area contributed by atoms with Crippen LogP contribution in [0.25, 0.3) is 0 Å². The van der Waals surface area contributed by atoms with Gasteiger partial charge in [0.1, 0.15) is 6.07 Å². The Morgan fingerprint density at radius 1 is 1.23 bits per heavy atom. The molecule has 0 aromatic heterocycles. The standard InChI is InChI=1S/C9H8F2N2/c1-13(2)9-4-8(11)7(10)3-6(9)5-12/h3-4H,1-2H3. The van der Waals surface area contributed by atoms with Crippen molar-refractivity contribution >= 4 is 5.69 Å². The van der Waals surface area contributed by atoms with Crippen molar-refractivity contribution in [3.63, 3.8) is 0 Å². The van der Waals surface area contributed by atoms with Crippen LogP contribution in [0.1, 0.15) is 5.56 Å². The van der Waals surface area contributed by atoms with E-state index in [-0.39, 0.29) is 5.56 Å². The molecular weight excluding hydrogens is 174 g/mol. The summed E-state index contributed by atoms with van der Waals surface area (Å²) in [6.45, 7) is 0. The van der Waals surface area contributed by atoms with E-state index < -0.39 is 11.6 Å². The topological polar surface area (TPSA) is 27.0 Å². The molecule has 0 aliphatic heterocycles. The molecular formula is C9H8F2N2. The highest BCUT2D eigenvalue weighted by Crippen LogP contribution is 2.21. The van der Waals surface area contributed by atoms with Gasteiger partial charge in [-0.05, 0) is 6.07 Å². The summed E-state index contributed by atoms with van der Waals surface area (Å²) in [6, 6.07) is 3.70. The predicted molar refractivity (Wildman–Crippen MR) is 45.4 cm³/mol. The van der Waals surface area contributed by atoms with Crippen LogP contribution in [0, 0.1) is 23.0 Å². The van der Waals surface area contributed by atoms with Crippen molar-refractivity contribution in [2.24, 2.45) is 0 Å². The van der Waals surface area contributed by atoms with Gasteiger partial charge in [0.25, 0.3) is 0 Å². The minimum absolute atomic E-state index is 0.129. The van der Waals surface area contributed by atoms with Crippen molar-refractivity contribution in [3.05, 3.63) is 29.3 Å². The van der Waals surface area contributed by atoms with E-state index in [1.54, 1.807) is 25.1 Å². The summed E-state index contributed by atoms with van der Waals surface area (Å²) in [4.78, 5) is 1.56. The number of nitrogens with zero attached hydrogens (tertiary/aromatic N) is 2. The highest BCUT2D eigenvalue weighted by molar-refractivity contribution is 5.58. The van der Waals surface area contributed by atoms with Crippen LogP contribution in [-0.2, 0) is 0 Å². The maximum Gasteiger partial charge on any atom is 0.160 e. The molecule has 0 saturated heterocycles. The van der Waals surface area contributed by atoms with E-state index in [4.69, 9.17) is 5.26 Å². The zero-order valence-electron chi connectivity index (χ0n) is 7.31. The van der Waals surface area contributed by atoms with Crippen LogP contribution < -0.4 is 4.90 Å². The van der Waals surface area contributed by atoms with Gasteiger partial charge in [0.2, 0.25) is 0 Å². The molecule has 0 N–H and O–H groups in total. The molecule has 0 aliphatic carbocycles. The minimum Gasteiger partial charge on any atom is -0.377 e. The summed E-state index contributed by atoms with van der Waals surface area (Å²) >= 11 is 0. The summed E-state index contributed by atoms with van der Waals surface area (Å²) in [6.07, 6.45) is 0. The first kappa shape index (κ1) is 9.46. The highest BCUT2D eigenvalue weighted by atomic mass is 19.2. The van der Waals surface area contributed by atoms with Crippen molar-refractivity contribution in [1.29, 1.82) is 5.26 Å². The van der Waals surface area contributed by atoms with Crippen molar-refractivity contribution in [2.45, 2.75) is 0 Å². The van der Waals surface area contributed by atoms with E-state index in [2.05, 4.69) is 0 Å². The van der Waals surface area contributed by atoms with Gasteiger partial charge in [-0.2, -0.15) is 5.26 Å². The van der Waals surface area contributed by atoms with Gasteiger partial charge in [0, 0.05) is 20.2 Å². The van der Waals surface area contributed by atoms with Gasteiger partial charge in [-0.15, -0.1) is 0 Å². The monoisotopic (exact) mass is 182 g/mol. The van der Waals surface area contributed by atoms with Crippen molar-refractivity contribution in [2.75, 3.05) is 19.0 Å². The number of hydrogen-bond acceptors (Lipinski definition) is 2. The summed E-state index contributed by atoms with van der Waals surface area (Å²) in [5.74, 6) is -1.94. The fraction of sp³-hybridized carbons (Fsp3) is 0.222. The van der Waals surface area contributed by atoms with Crippen molar-refractivity contribution < 1.29 is 8.78 Å². The summed E-state index contributed by atoms with van der Waals surface area (Å²) < 4.78 is 25.4. The van der Waals surface area contributed by atoms with Crippen LogP contribution in [0.4, 0.5) is 14.5 Å². The molecule has 0 atom stereocenters. The number of benzene rings is 1. The average Bonchev–Trinajstić information content (AvgIpc) is 2.08. The van der Waals surface area contributed by atoms with Crippen LogP contribution in [0.15, 0.2) is 12.1 Å². The Balaban J connectivity index is 3.35. The first-order chi connectivity index (χ1) is 6.06. The van der Waals surface area contributed by atoms with E-state index >= 15 is 0 Å². The molecule has 0 spiro atoms. The van der Waals surface area contributed by atoms with Crippen LogP contribution >= 0.6 is 0 Å². The molecule has 0 saturated carbocycles. The highest BCUT2D eigenvalue weighted by Gasteiger charge is 2.10. The minimum atomic E-state index is -0.998. The van der Waals surface area contributed by atoms with Gasteiger partial charge >= 0.3 is 0 Å². The number of halogens is 2. The molecule has 4 heteroatoms. The predicted octanol–water partition coefficient (Wildman–Crippen LogP) is 1.90. The second-order valence-corrected chi connectivity index (χ2v) is 2.79. The largest absolute Gasteiger partial charge is 0.377 e. The Labute approximate surface area is 75.0 Å².